The van der Waals surface area contributed by atoms with Crippen molar-refractivity contribution in [3.05, 3.63) is 60.2 Å². The molecule has 2 rings (SSSR count). The molecular formula is C21H29F2IN4O2. The van der Waals surface area contributed by atoms with Crippen LogP contribution in [0, 0.1) is 0 Å². The van der Waals surface area contributed by atoms with Crippen LogP contribution in [0.5, 0.6) is 5.75 Å². The summed E-state index contributed by atoms with van der Waals surface area (Å²) in [5, 5.41) is 20.0. The number of para-hydroxylation sites is 1. The third kappa shape index (κ3) is 10.1. The van der Waals surface area contributed by atoms with Crippen LogP contribution in [0.4, 0.5) is 14.5 Å². The third-order valence-electron chi connectivity index (χ3n) is 4.01. The first kappa shape index (κ1) is 25.9. The number of aliphatic imine (C=N–C) groups is 1. The number of ether oxygens (including phenoxy) is 1. The summed E-state index contributed by atoms with van der Waals surface area (Å²) in [5.74, 6) is 0.669. The third-order valence-corrected chi connectivity index (χ3v) is 4.01. The predicted molar refractivity (Wildman–Crippen MR) is 127 cm³/mol. The first-order valence-electron chi connectivity index (χ1n) is 9.62. The Morgan fingerprint density at radius 3 is 2.37 bits per heavy atom. The summed E-state index contributed by atoms with van der Waals surface area (Å²) in [5.41, 5.74) is 1.67. The van der Waals surface area contributed by atoms with Crippen LogP contribution in [0.15, 0.2) is 59.6 Å². The average Bonchev–Trinajstić information content (AvgIpc) is 2.72. The van der Waals surface area contributed by atoms with Crippen LogP contribution in [0.2, 0.25) is 0 Å². The standard InChI is InChI=1S/C21H28F2N4O2.HI/c1-2-24-21(26-14-6-13-25-17-7-4-3-5-8-17)27-15-19(28)16-9-11-18(12-10-16)29-20(22)23;/h3-5,7-12,19-20,25,28H,2,6,13-15H2,1H3,(H2,24,26,27);1H. The molecule has 2 aromatic rings. The van der Waals surface area contributed by atoms with Crippen molar-refractivity contribution in [1.29, 1.82) is 0 Å². The van der Waals surface area contributed by atoms with Gasteiger partial charge in [-0.1, -0.05) is 30.3 Å². The largest absolute Gasteiger partial charge is 0.435 e. The molecule has 0 saturated carbocycles. The first-order valence-corrected chi connectivity index (χ1v) is 9.62. The molecule has 0 radical (unpaired) electrons. The van der Waals surface area contributed by atoms with Gasteiger partial charge in [0.05, 0.1) is 12.6 Å². The van der Waals surface area contributed by atoms with E-state index in [0.717, 1.165) is 25.2 Å². The highest BCUT2D eigenvalue weighted by atomic mass is 127. The molecule has 166 valence electrons. The molecule has 9 heteroatoms. The molecule has 0 aromatic heterocycles. The monoisotopic (exact) mass is 534 g/mol. The summed E-state index contributed by atoms with van der Waals surface area (Å²) < 4.78 is 28.7. The van der Waals surface area contributed by atoms with E-state index in [0.29, 0.717) is 18.1 Å². The molecule has 0 amide bonds. The molecule has 0 heterocycles. The highest BCUT2D eigenvalue weighted by Crippen LogP contribution is 2.19. The maximum absolute atomic E-state index is 12.2. The normalized spacial score (nSPS) is 12.1. The molecule has 0 aliphatic heterocycles. The Morgan fingerprint density at radius 2 is 1.73 bits per heavy atom. The lowest BCUT2D eigenvalue weighted by Gasteiger charge is -2.14. The molecule has 30 heavy (non-hydrogen) atoms. The molecule has 0 fully saturated rings. The molecule has 1 unspecified atom stereocenters. The fraction of sp³-hybridized carbons (Fsp3) is 0.381. The Morgan fingerprint density at radius 1 is 1.03 bits per heavy atom. The molecule has 0 aliphatic rings. The quantitative estimate of drug-likeness (QED) is 0.152. The van der Waals surface area contributed by atoms with Crippen LogP contribution in [0.3, 0.4) is 0 Å². The minimum Gasteiger partial charge on any atom is -0.435 e. The van der Waals surface area contributed by atoms with Gasteiger partial charge in [0.2, 0.25) is 0 Å². The summed E-state index contributed by atoms with van der Waals surface area (Å²) in [7, 11) is 0. The van der Waals surface area contributed by atoms with Gasteiger partial charge in [0, 0.05) is 25.3 Å². The number of rotatable bonds is 11. The first-order chi connectivity index (χ1) is 14.1. The minimum absolute atomic E-state index is 0. The van der Waals surface area contributed by atoms with Gasteiger partial charge in [-0.05, 0) is 43.2 Å². The number of hydrogen-bond donors (Lipinski definition) is 4. The highest BCUT2D eigenvalue weighted by molar-refractivity contribution is 14.0. The van der Waals surface area contributed by atoms with Gasteiger partial charge in [-0.3, -0.25) is 4.99 Å². The van der Waals surface area contributed by atoms with E-state index < -0.39 is 12.7 Å². The number of nitrogens with zero attached hydrogens (tertiary/aromatic N) is 1. The Kier molecular flexibility index (Phi) is 12.8. The number of aliphatic hydroxyl groups excluding tert-OH is 1. The van der Waals surface area contributed by atoms with E-state index in [9.17, 15) is 13.9 Å². The van der Waals surface area contributed by atoms with E-state index in [-0.39, 0.29) is 36.3 Å². The van der Waals surface area contributed by atoms with E-state index in [1.54, 1.807) is 12.1 Å². The van der Waals surface area contributed by atoms with E-state index in [4.69, 9.17) is 0 Å². The van der Waals surface area contributed by atoms with Crippen molar-refractivity contribution in [3.63, 3.8) is 0 Å². The summed E-state index contributed by atoms with van der Waals surface area (Å²) in [4.78, 5) is 4.39. The minimum atomic E-state index is -2.87. The Hall–Kier alpha value is -2.14. The smallest absolute Gasteiger partial charge is 0.387 e. The number of guanidine groups is 1. The molecule has 0 bridgehead atoms. The lowest BCUT2D eigenvalue weighted by Crippen LogP contribution is -2.38. The summed E-state index contributed by atoms with van der Waals surface area (Å²) in [6.07, 6.45) is 0.0544. The van der Waals surface area contributed by atoms with Crippen LogP contribution < -0.4 is 20.7 Å². The Bertz CT molecular complexity index is 734. The lowest BCUT2D eigenvalue weighted by molar-refractivity contribution is -0.0498. The number of alkyl halides is 2. The van der Waals surface area contributed by atoms with Crippen LogP contribution >= 0.6 is 24.0 Å². The van der Waals surface area contributed by atoms with Crippen molar-refractivity contribution >= 4 is 35.6 Å². The zero-order valence-corrected chi connectivity index (χ0v) is 19.2. The fourth-order valence-corrected chi connectivity index (χ4v) is 2.58. The molecule has 6 nitrogen and oxygen atoms in total. The second-order valence-corrected chi connectivity index (χ2v) is 6.26. The predicted octanol–water partition coefficient (Wildman–Crippen LogP) is 4.00. The zero-order chi connectivity index (χ0) is 20.9. The molecule has 1 atom stereocenters. The van der Waals surface area contributed by atoms with Gasteiger partial charge in [0.25, 0.3) is 0 Å². The second kappa shape index (κ2) is 14.8. The number of aliphatic hydroxyl groups is 1. The van der Waals surface area contributed by atoms with Gasteiger partial charge < -0.3 is 25.8 Å². The molecule has 4 N–H and O–H groups in total. The number of nitrogens with one attached hydrogen (secondary N) is 3. The van der Waals surface area contributed by atoms with Crippen LogP contribution in [0.25, 0.3) is 0 Å². The molecule has 0 aliphatic carbocycles. The van der Waals surface area contributed by atoms with Crippen molar-refractivity contribution in [1.82, 2.24) is 10.6 Å². The Labute approximate surface area is 193 Å². The fourth-order valence-electron chi connectivity index (χ4n) is 2.58. The summed E-state index contributed by atoms with van der Waals surface area (Å²) in [6.45, 7) is 1.49. The molecule has 2 aromatic carbocycles. The van der Waals surface area contributed by atoms with E-state index >= 15 is 0 Å². The van der Waals surface area contributed by atoms with Crippen LogP contribution in [-0.4, -0.2) is 43.9 Å². The summed E-state index contributed by atoms with van der Waals surface area (Å²) in [6, 6.07) is 15.9. The highest BCUT2D eigenvalue weighted by Gasteiger charge is 2.09. The number of benzene rings is 2. The van der Waals surface area contributed by atoms with Crippen molar-refractivity contribution < 1.29 is 18.6 Å². The number of anilines is 1. The second-order valence-electron chi connectivity index (χ2n) is 6.26. The van der Waals surface area contributed by atoms with E-state index in [2.05, 4.69) is 25.7 Å². The van der Waals surface area contributed by atoms with Crippen LogP contribution in [0.1, 0.15) is 25.0 Å². The van der Waals surface area contributed by atoms with Crippen LogP contribution in [-0.2, 0) is 0 Å². The van der Waals surface area contributed by atoms with Crippen molar-refractivity contribution in [2.45, 2.75) is 26.1 Å². The van der Waals surface area contributed by atoms with Crippen molar-refractivity contribution in [2.75, 3.05) is 31.5 Å². The topological polar surface area (TPSA) is 77.9 Å². The maximum atomic E-state index is 12.2. The van der Waals surface area contributed by atoms with Gasteiger partial charge in [0.15, 0.2) is 5.96 Å². The number of halogens is 3. The van der Waals surface area contributed by atoms with Gasteiger partial charge in [-0.2, -0.15) is 8.78 Å². The SMILES string of the molecule is CCNC(=NCC(O)c1ccc(OC(F)F)cc1)NCCCNc1ccccc1.I. The zero-order valence-electron chi connectivity index (χ0n) is 16.9. The van der Waals surface area contributed by atoms with Crippen molar-refractivity contribution in [2.24, 2.45) is 4.99 Å². The number of hydrogen-bond acceptors (Lipinski definition) is 4. The average molecular weight is 534 g/mol. The summed E-state index contributed by atoms with van der Waals surface area (Å²) >= 11 is 0. The Balaban J connectivity index is 0.00000450. The van der Waals surface area contributed by atoms with Gasteiger partial charge in [0.1, 0.15) is 5.75 Å². The van der Waals surface area contributed by atoms with Gasteiger partial charge in [-0.25, -0.2) is 0 Å². The van der Waals surface area contributed by atoms with Gasteiger partial charge in [-0.15, -0.1) is 24.0 Å². The van der Waals surface area contributed by atoms with Gasteiger partial charge >= 0.3 is 6.61 Å². The maximum Gasteiger partial charge on any atom is 0.387 e. The molecule has 0 saturated heterocycles. The van der Waals surface area contributed by atoms with E-state index in [1.807, 2.05) is 37.3 Å². The molecular weight excluding hydrogens is 505 g/mol. The van der Waals surface area contributed by atoms with Crippen molar-refractivity contribution in [3.8, 4) is 5.75 Å². The molecule has 0 spiro atoms. The van der Waals surface area contributed by atoms with E-state index in [1.165, 1.54) is 12.1 Å². The lowest BCUT2D eigenvalue weighted by atomic mass is 10.1.